The van der Waals surface area contributed by atoms with E-state index in [1.807, 2.05) is 12.1 Å². The van der Waals surface area contributed by atoms with E-state index in [0.29, 0.717) is 11.4 Å². The first kappa shape index (κ1) is 14.2. The van der Waals surface area contributed by atoms with E-state index in [9.17, 15) is 9.90 Å². The van der Waals surface area contributed by atoms with Gasteiger partial charge in [0.2, 0.25) is 0 Å². The van der Waals surface area contributed by atoms with Gasteiger partial charge in [0, 0.05) is 22.7 Å². The lowest BCUT2D eigenvalue weighted by Gasteiger charge is -2.33. The third-order valence-electron chi connectivity index (χ3n) is 4.39. The van der Waals surface area contributed by atoms with Gasteiger partial charge in [0.25, 0.3) is 0 Å². The molecule has 108 valence electrons. The summed E-state index contributed by atoms with van der Waals surface area (Å²) in [6.45, 7) is 1.85. The van der Waals surface area contributed by atoms with E-state index >= 15 is 0 Å². The number of nitrogens with zero attached hydrogens (tertiary/aromatic N) is 1. The molecule has 2 N–H and O–H groups in total. The number of aliphatic carboxylic acids is 1. The molecule has 2 fully saturated rings. The van der Waals surface area contributed by atoms with Crippen LogP contribution in [0.1, 0.15) is 19.3 Å². The smallest absolute Gasteiger partial charge is 0.331 e. The third-order valence-corrected chi connectivity index (χ3v) is 5.61. The number of carboxylic acids is 1. The van der Waals surface area contributed by atoms with Gasteiger partial charge in [-0.3, -0.25) is 4.90 Å². The first-order valence-electron chi connectivity index (χ1n) is 6.73. The summed E-state index contributed by atoms with van der Waals surface area (Å²) in [6.07, 6.45) is 2.65. The lowest BCUT2D eigenvalue weighted by Crippen LogP contribution is -2.54. The Morgan fingerprint density at radius 1 is 1.50 bits per heavy atom. The first-order valence-corrected chi connectivity index (χ1v) is 7.91. The van der Waals surface area contributed by atoms with E-state index in [-0.39, 0.29) is 6.04 Å². The first-order chi connectivity index (χ1) is 9.53. The molecule has 6 heteroatoms. The molecule has 0 aromatic heterocycles. The molecule has 0 spiro atoms. The van der Waals surface area contributed by atoms with Gasteiger partial charge in [-0.2, -0.15) is 0 Å². The van der Waals surface area contributed by atoms with E-state index in [1.165, 1.54) is 0 Å². The Morgan fingerprint density at radius 3 is 3.00 bits per heavy atom. The van der Waals surface area contributed by atoms with Crippen LogP contribution in [0.2, 0.25) is 5.02 Å². The van der Waals surface area contributed by atoms with Crippen LogP contribution in [0.15, 0.2) is 22.7 Å². The Labute approximate surface area is 131 Å². The topological polar surface area (TPSA) is 52.6 Å². The van der Waals surface area contributed by atoms with Crippen molar-refractivity contribution in [3.63, 3.8) is 0 Å². The number of hydrogen-bond acceptors (Lipinski definition) is 3. The summed E-state index contributed by atoms with van der Waals surface area (Å²) >= 11 is 9.36. The van der Waals surface area contributed by atoms with Crippen LogP contribution in [0, 0.1) is 0 Å². The minimum Gasteiger partial charge on any atom is -0.479 e. The van der Waals surface area contributed by atoms with Crippen molar-refractivity contribution in [2.45, 2.75) is 30.8 Å². The minimum atomic E-state index is -0.885. The average molecular weight is 360 g/mol. The highest BCUT2D eigenvalue weighted by Gasteiger charge is 2.54. The molecule has 0 amide bonds. The van der Waals surface area contributed by atoms with Gasteiger partial charge in [-0.1, -0.05) is 11.6 Å². The second-order valence-electron chi connectivity index (χ2n) is 5.47. The van der Waals surface area contributed by atoms with Crippen molar-refractivity contribution in [2.24, 2.45) is 0 Å². The monoisotopic (exact) mass is 358 g/mol. The maximum atomic E-state index is 11.9. The minimum absolute atomic E-state index is 0.0782. The Hall–Kier alpha value is -0.780. The van der Waals surface area contributed by atoms with E-state index in [1.54, 1.807) is 6.07 Å². The van der Waals surface area contributed by atoms with Crippen molar-refractivity contribution in [1.29, 1.82) is 0 Å². The van der Waals surface area contributed by atoms with Crippen molar-refractivity contribution in [2.75, 3.05) is 18.4 Å². The van der Waals surface area contributed by atoms with Gasteiger partial charge < -0.3 is 10.4 Å². The molecule has 20 heavy (non-hydrogen) atoms. The summed E-state index contributed by atoms with van der Waals surface area (Å²) in [5.74, 6) is -0.766. The zero-order valence-electron chi connectivity index (χ0n) is 10.9. The van der Waals surface area contributed by atoms with Crippen LogP contribution in [0.5, 0.6) is 0 Å². The van der Waals surface area contributed by atoms with Gasteiger partial charge in [0.15, 0.2) is 5.54 Å². The SMILES string of the molecule is O=C(O)C1(Nc2ccc(Cl)c(Br)c2)CCN2CCCC21. The maximum Gasteiger partial charge on any atom is 0.331 e. The van der Waals surface area contributed by atoms with Crippen LogP contribution in [0.25, 0.3) is 0 Å². The zero-order valence-corrected chi connectivity index (χ0v) is 13.2. The van der Waals surface area contributed by atoms with Crippen molar-refractivity contribution in [3.8, 4) is 0 Å². The number of benzene rings is 1. The van der Waals surface area contributed by atoms with Crippen LogP contribution in [-0.2, 0) is 4.79 Å². The van der Waals surface area contributed by atoms with Crippen LogP contribution in [-0.4, -0.2) is 40.6 Å². The molecule has 0 saturated carbocycles. The highest BCUT2D eigenvalue weighted by molar-refractivity contribution is 9.10. The van der Waals surface area contributed by atoms with Gasteiger partial charge in [0.1, 0.15) is 0 Å². The standard InChI is InChI=1S/C14H16BrClN2O2/c15-10-8-9(3-4-11(10)16)17-14(13(19)20)5-7-18-6-1-2-12(14)18/h3-4,8,12,17H,1-2,5-7H2,(H,19,20). The number of fused-ring (bicyclic) bond motifs is 1. The van der Waals surface area contributed by atoms with Gasteiger partial charge in [-0.25, -0.2) is 4.79 Å². The predicted octanol–water partition coefficient (Wildman–Crippen LogP) is 3.21. The lowest BCUT2D eigenvalue weighted by atomic mass is 9.88. The molecular weight excluding hydrogens is 344 g/mol. The van der Waals surface area contributed by atoms with Gasteiger partial charge >= 0.3 is 5.97 Å². The molecule has 0 radical (unpaired) electrons. The van der Waals surface area contributed by atoms with Gasteiger partial charge in [-0.15, -0.1) is 0 Å². The Morgan fingerprint density at radius 2 is 2.30 bits per heavy atom. The molecule has 2 aliphatic rings. The number of rotatable bonds is 3. The molecule has 2 unspecified atom stereocenters. The largest absolute Gasteiger partial charge is 0.479 e. The normalized spacial score (nSPS) is 29.4. The number of hydrogen-bond donors (Lipinski definition) is 2. The van der Waals surface area contributed by atoms with Crippen molar-refractivity contribution in [3.05, 3.63) is 27.7 Å². The Balaban J connectivity index is 1.92. The van der Waals surface area contributed by atoms with E-state index in [2.05, 4.69) is 26.1 Å². The van der Waals surface area contributed by atoms with Crippen LogP contribution in [0.3, 0.4) is 0 Å². The third kappa shape index (κ3) is 2.22. The number of halogens is 2. The number of nitrogens with one attached hydrogen (secondary N) is 1. The highest BCUT2D eigenvalue weighted by Crippen LogP contribution is 2.39. The lowest BCUT2D eigenvalue weighted by molar-refractivity contribution is -0.143. The second kappa shape index (κ2) is 5.20. The van der Waals surface area contributed by atoms with E-state index in [4.69, 9.17) is 11.6 Å². The molecular formula is C14H16BrClN2O2. The van der Waals surface area contributed by atoms with Crippen LogP contribution in [0.4, 0.5) is 5.69 Å². The molecule has 3 rings (SSSR count). The van der Waals surface area contributed by atoms with E-state index < -0.39 is 11.5 Å². The Kier molecular flexibility index (Phi) is 3.69. The summed E-state index contributed by atoms with van der Waals surface area (Å²) in [6, 6.07) is 5.51. The Bertz CT molecular complexity index is 554. The quantitative estimate of drug-likeness (QED) is 0.870. The predicted molar refractivity (Wildman–Crippen MR) is 82.4 cm³/mol. The molecule has 1 aromatic rings. The van der Waals surface area contributed by atoms with Crippen LogP contribution < -0.4 is 5.32 Å². The summed E-state index contributed by atoms with van der Waals surface area (Å²) < 4.78 is 0.769. The molecule has 0 bridgehead atoms. The molecule has 2 heterocycles. The molecule has 2 saturated heterocycles. The molecule has 4 nitrogen and oxygen atoms in total. The maximum absolute atomic E-state index is 11.9. The fourth-order valence-electron chi connectivity index (χ4n) is 3.42. The van der Waals surface area contributed by atoms with Crippen molar-refractivity contribution >= 4 is 39.2 Å². The fourth-order valence-corrected chi connectivity index (χ4v) is 3.91. The second-order valence-corrected chi connectivity index (χ2v) is 6.74. The van der Waals surface area contributed by atoms with Crippen molar-refractivity contribution in [1.82, 2.24) is 4.90 Å². The number of carbonyl (C=O) groups is 1. The number of carboxylic acid groups (broad SMARTS) is 1. The molecule has 2 aliphatic heterocycles. The zero-order chi connectivity index (χ0) is 14.3. The average Bonchev–Trinajstić information content (AvgIpc) is 2.98. The van der Waals surface area contributed by atoms with Gasteiger partial charge in [0.05, 0.1) is 5.02 Å². The molecule has 1 aromatic carbocycles. The molecule has 2 atom stereocenters. The summed E-state index contributed by atoms with van der Waals surface area (Å²) in [5.41, 5.74) is -0.0959. The van der Waals surface area contributed by atoms with Crippen molar-refractivity contribution < 1.29 is 9.90 Å². The summed E-state index contributed by atoms with van der Waals surface area (Å²) in [5, 5.41) is 13.7. The van der Waals surface area contributed by atoms with E-state index in [0.717, 1.165) is 36.1 Å². The molecule has 0 aliphatic carbocycles. The summed E-state index contributed by atoms with van der Waals surface area (Å²) in [7, 11) is 0. The van der Waals surface area contributed by atoms with Crippen LogP contribution >= 0.6 is 27.5 Å². The number of anilines is 1. The highest BCUT2D eigenvalue weighted by atomic mass is 79.9. The summed E-state index contributed by atoms with van der Waals surface area (Å²) in [4.78, 5) is 14.2. The fraction of sp³-hybridized carbons (Fsp3) is 0.500. The van der Waals surface area contributed by atoms with Gasteiger partial charge in [-0.05, 0) is 59.9 Å².